The van der Waals surface area contributed by atoms with Crippen molar-refractivity contribution < 1.29 is 4.42 Å². The molecule has 0 saturated carbocycles. The molecular weight excluding hydrogens is 687 g/mol. The molecule has 56 heavy (non-hydrogen) atoms. The lowest BCUT2D eigenvalue weighted by Gasteiger charge is -2.13. The summed E-state index contributed by atoms with van der Waals surface area (Å²) >= 11 is 0. The van der Waals surface area contributed by atoms with E-state index in [0.29, 0.717) is 0 Å². The Bertz CT molecular complexity index is 3480. The Morgan fingerprint density at radius 1 is 0.393 bits per heavy atom. The third kappa shape index (κ3) is 4.44. The number of benzene rings is 8. The Kier molecular flexibility index (Phi) is 6.53. The van der Waals surface area contributed by atoms with Gasteiger partial charge in [0, 0.05) is 54.8 Å². The molecule has 0 aliphatic rings. The minimum atomic E-state index is 0.845. The van der Waals surface area contributed by atoms with Gasteiger partial charge in [0.2, 0.25) is 0 Å². The molecule has 0 fully saturated rings. The summed E-state index contributed by atoms with van der Waals surface area (Å²) < 4.78 is 13.1. The predicted octanol–water partition coefficient (Wildman–Crippen LogP) is 12.7. The second-order valence-electron chi connectivity index (χ2n) is 14.3. The van der Waals surface area contributed by atoms with E-state index in [9.17, 15) is 0 Å². The van der Waals surface area contributed by atoms with Crippen molar-refractivity contribution in [1.82, 2.24) is 24.1 Å². The van der Waals surface area contributed by atoms with Crippen LogP contribution in [-0.4, -0.2) is 24.1 Å². The Morgan fingerprint density at radius 3 is 1.79 bits per heavy atom. The molecule has 0 aliphatic carbocycles. The fraction of sp³-hybridized carbons (Fsp3) is 0. The lowest BCUT2D eigenvalue weighted by molar-refractivity contribution is 0.669. The van der Waals surface area contributed by atoms with Crippen LogP contribution in [0.1, 0.15) is 0 Å². The zero-order valence-electron chi connectivity index (χ0n) is 30.0. The van der Waals surface area contributed by atoms with Crippen LogP contribution in [0.2, 0.25) is 0 Å². The molecule has 0 unspecified atom stereocenters. The Labute approximate surface area is 320 Å². The summed E-state index contributed by atoms with van der Waals surface area (Å²) in [5.41, 5.74) is 13.3. The molecule has 4 heterocycles. The molecule has 0 atom stereocenters. The van der Waals surface area contributed by atoms with Gasteiger partial charge >= 0.3 is 0 Å². The summed E-state index contributed by atoms with van der Waals surface area (Å²) in [4.78, 5) is 0. The first-order chi connectivity index (χ1) is 27.8. The molecule has 6 heteroatoms. The minimum absolute atomic E-state index is 0.845. The Hall–Kier alpha value is -7.70. The summed E-state index contributed by atoms with van der Waals surface area (Å²) in [6, 6.07) is 66.2. The third-order valence-corrected chi connectivity index (χ3v) is 11.2. The second-order valence-corrected chi connectivity index (χ2v) is 14.3. The van der Waals surface area contributed by atoms with Crippen LogP contribution in [0.3, 0.4) is 0 Å². The fourth-order valence-electron chi connectivity index (χ4n) is 8.79. The predicted molar refractivity (Wildman–Crippen MR) is 228 cm³/mol. The first-order valence-electron chi connectivity index (χ1n) is 18.8. The van der Waals surface area contributed by atoms with Gasteiger partial charge in [0.15, 0.2) is 0 Å². The SMILES string of the molecule is c1ccc(-c2nnn(-c3cccc4c3c3ccccc3n4-c3cccc(-n4c5ccccc5c5cc6oc7ccccc7c6cc54)c3)c2-c2ccccc2)cc1. The van der Waals surface area contributed by atoms with E-state index in [0.717, 1.165) is 99.7 Å². The number of hydrogen-bond acceptors (Lipinski definition) is 3. The van der Waals surface area contributed by atoms with Crippen LogP contribution in [0.25, 0.3) is 105 Å². The quantitative estimate of drug-likeness (QED) is 0.178. The van der Waals surface area contributed by atoms with E-state index in [1.165, 1.54) is 5.39 Å². The zero-order valence-corrected chi connectivity index (χ0v) is 30.0. The van der Waals surface area contributed by atoms with Crippen LogP contribution in [0.15, 0.2) is 192 Å². The van der Waals surface area contributed by atoms with E-state index in [2.05, 4.69) is 161 Å². The van der Waals surface area contributed by atoms with Crippen molar-refractivity contribution in [3.05, 3.63) is 188 Å². The lowest BCUT2D eigenvalue weighted by atomic mass is 10.0. The number of hydrogen-bond donors (Lipinski definition) is 0. The molecule has 262 valence electrons. The zero-order chi connectivity index (χ0) is 36.7. The van der Waals surface area contributed by atoms with Crippen LogP contribution in [0, 0.1) is 0 Å². The molecular formula is C50H31N5O. The number of furan rings is 1. The number of rotatable bonds is 5. The van der Waals surface area contributed by atoms with E-state index in [-0.39, 0.29) is 0 Å². The molecule has 12 aromatic rings. The maximum absolute atomic E-state index is 6.35. The molecule has 0 radical (unpaired) electrons. The number of fused-ring (bicyclic) bond motifs is 9. The van der Waals surface area contributed by atoms with Gasteiger partial charge < -0.3 is 13.6 Å². The molecule has 6 nitrogen and oxygen atoms in total. The molecule has 8 aromatic carbocycles. The molecule has 0 N–H and O–H groups in total. The normalized spacial score (nSPS) is 11.9. The van der Waals surface area contributed by atoms with Gasteiger partial charge in [0.1, 0.15) is 22.6 Å². The highest BCUT2D eigenvalue weighted by atomic mass is 16.3. The van der Waals surface area contributed by atoms with E-state index >= 15 is 0 Å². The van der Waals surface area contributed by atoms with E-state index < -0.39 is 0 Å². The highest BCUT2D eigenvalue weighted by Crippen LogP contribution is 2.41. The monoisotopic (exact) mass is 717 g/mol. The average molecular weight is 718 g/mol. The van der Waals surface area contributed by atoms with Crippen molar-refractivity contribution >= 4 is 65.6 Å². The van der Waals surface area contributed by atoms with Gasteiger partial charge in [0.05, 0.1) is 27.8 Å². The largest absolute Gasteiger partial charge is 0.456 e. The van der Waals surface area contributed by atoms with Crippen molar-refractivity contribution in [2.75, 3.05) is 0 Å². The van der Waals surface area contributed by atoms with Crippen molar-refractivity contribution in [3.63, 3.8) is 0 Å². The molecule has 0 spiro atoms. The lowest BCUT2D eigenvalue weighted by Crippen LogP contribution is -2.01. The standard InChI is InChI=1S/C50H31N5O/c1-3-15-32(16-4-1)49-50(33-17-5-2-6-18-33)55(52-51-49)44-27-14-26-43-48(44)38-23-8-11-25-42(38)53(43)34-19-13-20-35(29-34)54-41-24-10-7-21-36(41)39-31-47-40(30-45(39)54)37-22-9-12-28-46(37)56-47/h1-31H. The maximum atomic E-state index is 6.35. The van der Waals surface area contributed by atoms with E-state index in [4.69, 9.17) is 14.7 Å². The van der Waals surface area contributed by atoms with Crippen LogP contribution in [0.4, 0.5) is 0 Å². The summed E-state index contributed by atoms with van der Waals surface area (Å²) in [5, 5.41) is 16.5. The smallest absolute Gasteiger partial charge is 0.136 e. The summed E-state index contributed by atoms with van der Waals surface area (Å²) in [6.45, 7) is 0. The Balaban J connectivity index is 1.10. The molecule has 0 saturated heterocycles. The van der Waals surface area contributed by atoms with Gasteiger partial charge in [-0.15, -0.1) is 5.10 Å². The highest BCUT2D eigenvalue weighted by Gasteiger charge is 2.23. The van der Waals surface area contributed by atoms with Crippen LogP contribution in [0.5, 0.6) is 0 Å². The third-order valence-electron chi connectivity index (χ3n) is 11.2. The number of nitrogens with zero attached hydrogens (tertiary/aromatic N) is 5. The molecule has 12 rings (SSSR count). The van der Waals surface area contributed by atoms with Crippen molar-refractivity contribution in [3.8, 4) is 39.6 Å². The Morgan fingerprint density at radius 2 is 1.00 bits per heavy atom. The first-order valence-corrected chi connectivity index (χ1v) is 18.8. The summed E-state index contributed by atoms with van der Waals surface area (Å²) in [5.74, 6) is 0. The summed E-state index contributed by atoms with van der Waals surface area (Å²) in [7, 11) is 0. The first kappa shape index (κ1) is 30.7. The van der Waals surface area contributed by atoms with Crippen LogP contribution < -0.4 is 0 Å². The topological polar surface area (TPSA) is 53.7 Å². The average Bonchev–Trinajstić information content (AvgIpc) is 4.03. The van der Waals surface area contributed by atoms with Crippen LogP contribution >= 0.6 is 0 Å². The number of aromatic nitrogens is 5. The fourth-order valence-corrected chi connectivity index (χ4v) is 8.79. The van der Waals surface area contributed by atoms with E-state index in [1.54, 1.807) is 0 Å². The van der Waals surface area contributed by atoms with Gasteiger partial charge in [-0.2, -0.15) is 0 Å². The van der Waals surface area contributed by atoms with Gasteiger partial charge in [-0.05, 0) is 60.7 Å². The van der Waals surface area contributed by atoms with Crippen molar-refractivity contribution in [1.29, 1.82) is 0 Å². The molecule has 4 aromatic heterocycles. The second kappa shape index (κ2) is 11.9. The summed E-state index contributed by atoms with van der Waals surface area (Å²) in [6.07, 6.45) is 0. The number of para-hydroxylation sites is 3. The van der Waals surface area contributed by atoms with Crippen molar-refractivity contribution in [2.24, 2.45) is 0 Å². The molecule has 0 bridgehead atoms. The van der Waals surface area contributed by atoms with Gasteiger partial charge in [-0.25, -0.2) is 4.68 Å². The van der Waals surface area contributed by atoms with Gasteiger partial charge in [0.25, 0.3) is 0 Å². The van der Waals surface area contributed by atoms with Gasteiger partial charge in [-0.3, -0.25) is 0 Å². The highest BCUT2D eigenvalue weighted by molar-refractivity contribution is 6.17. The molecule has 0 amide bonds. The molecule has 0 aliphatic heterocycles. The minimum Gasteiger partial charge on any atom is -0.456 e. The van der Waals surface area contributed by atoms with Gasteiger partial charge in [-0.1, -0.05) is 133 Å². The van der Waals surface area contributed by atoms with Crippen LogP contribution in [-0.2, 0) is 0 Å². The van der Waals surface area contributed by atoms with Crippen molar-refractivity contribution in [2.45, 2.75) is 0 Å². The maximum Gasteiger partial charge on any atom is 0.136 e. The van der Waals surface area contributed by atoms with E-state index in [1.807, 2.05) is 41.1 Å².